The lowest BCUT2D eigenvalue weighted by atomic mass is 9.78. The van der Waals surface area contributed by atoms with Crippen molar-refractivity contribution < 1.29 is 19.1 Å². The van der Waals surface area contributed by atoms with E-state index in [1.807, 2.05) is 30.3 Å². The van der Waals surface area contributed by atoms with Crippen LogP contribution in [0, 0.1) is 11.7 Å². The van der Waals surface area contributed by atoms with Gasteiger partial charge in [0.25, 0.3) is 5.56 Å². The van der Waals surface area contributed by atoms with E-state index in [4.69, 9.17) is 5.73 Å². The van der Waals surface area contributed by atoms with Crippen LogP contribution < -0.4 is 16.6 Å². The lowest BCUT2D eigenvalue weighted by Crippen LogP contribution is -2.50. The van der Waals surface area contributed by atoms with E-state index in [9.17, 15) is 23.9 Å². The maximum Gasteiger partial charge on any atom is 0.321 e. The topological polar surface area (TPSA) is 114 Å². The first-order valence-corrected chi connectivity index (χ1v) is 14.2. The van der Waals surface area contributed by atoms with E-state index in [-0.39, 0.29) is 40.7 Å². The van der Waals surface area contributed by atoms with Gasteiger partial charge in [0.1, 0.15) is 17.7 Å². The van der Waals surface area contributed by atoms with Crippen LogP contribution in [0.5, 0.6) is 0 Å². The molecule has 0 spiro atoms. The number of carbonyl (C=O) groups excluding carboxylic acids is 1. The highest BCUT2D eigenvalue weighted by Gasteiger charge is 2.38. The summed E-state index contributed by atoms with van der Waals surface area (Å²) in [5, 5.41) is 13.8. The van der Waals surface area contributed by atoms with E-state index in [2.05, 4.69) is 5.32 Å². The highest BCUT2D eigenvalue weighted by Crippen LogP contribution is 2.40. The summed E-state index contributed by atoms with van der Waals surface area (Å²) < 4.78 is 14.8. The maximum absolute atomic E-state index is 13.3. The number of benzene rings is 2. The summed E-state index contributed by atoms with van der Waals surface area (Å²) in [6, 6.07) is 17.1. The Balaban J connectivity index is 1.31. The highest BCUT2D eigenvalue weighted by molar-refractivity contribution is 6.11. The van der Waals surface area contributed by atoms with Crippen LogP contribution in [0.15, 0.2) is 71.5 Å². The molecule has 210 valence electrons. The van der Waals surface area contributed by atoms with Gasteiger partial charge in [0.15, 0.2) is 5.78 Å². The Morgan fingerprint density at radius 2 is 1.55 bits per heavy atom. The first kappa shape index (κ1) is 27.8. The Bertz CT molecular complexity index is 1390. The van der Waals surface area contributed by atoms with E-state index in [1.54, 1.807) is 0 Å². The van der Waals surface area contributed by atoms with Gasteiger partial charge in [0.2, 0.25) is 0 Å². The zero-order chi connectivity index (χ0) is 28.2. The fourth-order valence-electron chi connectivity index (χ4n) is 6.71. The molecule has 7 nitrogen and oxygen atoms in total. The van der Waals surface area contributed by atoms with E-state index in [0.29, 0.717) is 37.2 Å². The van der Waals surface area contributed by atoms with Crippen LogP contribution in [0.2, 0.25) is 0 Å². The van der Waals surface area contributed by atoms with Gasteiger partial charge in [-0.05, 0) is 80.3 Å². The van der Waals surface area contributed by atoms with Gasteiger partial charge in [-0.15, -0.1) is 0 Å². The van der Waals surface area contributed by atoms with Gasteiger partial charge in [0.05, 0.1) is 5.56 Å². The number of pyridine rings is 1. The summed E-state index contributed by atoms with van der Waals surface area (Å²) in [6.07, 6.45) is 6.95. The summed E-state index contributed by atoms with van der Waals surface area (Å²) >= 11 is 0. The van der Waals surface area contributed by atoms with Gasteiger partial charge < -0.3 is 16.2 Å². The maximum atomic E-state index is 13.3. The summed E-state index contributed by atoms with van der Waals surface area (Å²) in [5.74, 6) is -1.33. The molecule has 2 aliphatic carbocycles. The predicted octanol–water partition coefficient (Wildman–Crippen LogP) is 5.30. The van der Waals surface area contributed by atoms with Crippen molar-refractivity contribution in [1.29, 1.82) is 0 Å². The molecule has 3 aromatic rings. The summed E-state index contributed by atoms with van der Waals surface area (Å²) in [4.78, 5) is 38.5. The minimum absolute atomic E-state index is 0.00841. The number of rotatable bonds is 9. The molecule has 0 aliphatic heterocycles. The van der Waals surface area contributed by atoms with Crippen LogP contribution in [0.1, 0.15) is 84.8 Å². The summed E-state index contributed by atoms with van der Waals surface area (Å²) in [7, 11) is 0. The third kappa shape index (κ3) is 5.87. The number of carboxylic acid groups (broad SMARTS) is 1. The summed E-state index contributed by atoms with van der Waals surface area (Å²) in [6.45, 7) is 0. The van der Waals surface area contributed by atoms with Crippen LogP contribution in [-0.2, 0) is 4.79 Å². The molecule has 2 aromatic carbocycles. The molecular weight excluding hydrogens is 509 g/mol. The number of carbonyl (C=O) groups is 2. The van der Waals surface area contributed by atoms with Crippen LogP contribution in [0.25, 0.3) is 0 Å². The average Bonchev–Trinajstić information content (AvgIpc) is 3.49. The first-order chi connectivity index (χ1) is 19.3. The molecule has 2 atom stereocenters. The number of aromatic nitrogens is 1. The number of hydrogen-bond acceptors (Lipinski definition) is 5. The standard InChI is InChI=1S/C32H36FN3O4/c33-23-12-10-22(11-13-23)30(38)26-18-19-27(37)36(31(26)34)25-16-14-24(15-17-25)35-29(32(39)40)28(21-8-4-5-9-21)20-6-2-1-3-7-20/h1-3,6-7,10-13,18-19,21,24-25,28-29,35H,4-5,8-9,14-17,34H2,(H,39,40). The Hall–Kier alpha value is -3.78. The zero-order valence-electron chi connectivity index (χ0n) is 22.5. The Labute approximate surface area is 233 Å². The van der Waals surface area contributed by atoms with E-state index < -0.39 is 17.8 Å². The molecule has 2 saturated carbocycles. The molecule has 0 radical (unpaired) electrons. The number of halogens is 1. The van der Waals surface area contributed by atoms with E-state index >= 15 is 0 Å². The Morgan fingerprint density at radius 3 is 2.17 bits per heavy atom. The molecule has 40 heavy (non-hydrogen) atoms. The van der Waals surface area contributed by atoms with Gasteiger partial charge >= 0.3 is 5.97 Å². The number of nitrogens with two attached hydrogens (primary N) is 1. The van der Waals surface area contributed by atoms with Crippen molar-refractivity contribution in [3.63, 3.8) is 0 Å². The number of aliphatic carboxylic acids is 1. The van der Waals surface area contributed by atoms with Crippen molar-refractivity contribution in [3.05, 3.63) is 99.6 Å². The van der Waals surface area contributed by atoms with Crippen LogP contribution in [0.4, 0.5) is 10.2 Å². The third-order valence-corrected chi connectivity index (χ3v) is 8.71. The molecule has 1 aromatic heterocycles. The van der Waals surface area contributed by atoms with Crippen molar-refractivity contribution in [2.24, 2.45) is 5.92 Å². The SMILES string of the molecule is Nc1c(C(=O)c2ccc(F)cc2)ccc(=O)n1C1CCC(NC(C(=O)O)C(c2ccccc2)C2CCCC2)CC1. The van der Waals surface area contributed by atoms with Gasteiger partial charge in [-0.25, -0.2) is 4.39 Å². The van der Waals surface area contributed by atoms with Crippen molar-refractivity contribution in [2.75, 3.05) is 5.73 Å². The second-order valence-corrected chi connectivity index (χ2v) is 11.1. The van der Waals surface area contributed by atoms with Crippen LogP contribution >= 0.6 is 0 Å². The van der Waals surface area contributed by atoms with Crippen molar-refractivity contribution in [1.82, 2.24) is 9.88 Å². The molecular formula is C32H36FN3O4. The molecule has 5 rings (SSSR count). The molecule has 2 unspecified atom stereocenters. The lowest BCUT2D eigenvalue weighted by Gasteiger charge is -2.36. The van der Waals surface area contributed by atoms with Gasteiger partial charge in [0, 0.05) is 29.6 Å². The van der Waals surface area contributed by atoms with Crippen molar-refractivity contribution >= 4 is 17.6 Å². The van der Waals surface area contributed by atoms with E-state index in [0.717, 1.165) is 31.2 Å². The fraction of sp³-hybridized carbons (Fsp3) is 0.406. The number of nitrogens with zero attached hydrogens (tertiary/aromatic N) is 1. The summed E-state index contributed by atoms with van der Waals surface area (Å²) in [5.41, 5.74) is 7.67. The Kier molecular flexibility index (Phi) is 8.45. The second-order valence-electron chi connectivity index (χ2n) is 11.1. The number of anilines is 1. The molecule has 0 saturated heterocycles. The minimum atomic E-state index is -0.838. The molecule has 4 N–H and O–H groups in total. The van der Waals surface area contributed by atoms with Gasteiger partial charge in [-0.2, -0.15) is 0 Å². The molecule has 0 bridgehead atoms. The van der Waals surface area contributed by atoms with Gasteiger partial charge in [-0.1, -0.05) is 43.2 Å². The smallest absolute Gasteiger partial charge is 0.321 e. The number of nitrogens with one attached hydrogen (secondary N) is 1. The van der Waals surface area contributed by atoms with Crippen LogP contribution in [0.3, 0.4) is 0 Å². The van der Waals surface area contributed by atoms with Crippen molar-refractivity contribution in [2.45, 2.75) is 75.4 Å². The fourth-order valence-corrected chi connectivity index (χ4v) is 6.71. The first-order valence-electron chi connectivity index (χ1n) is 14.2. The number of nitrogen functional groups attached to an aromatic ring is 1. The second kappa shape index (κ2) is 12.2. The van der Waals surface area contributed by atoms with Crippen molar-refractivity contribution in [3.8, 4) is 0 Å². The predicted molar refractivity (Wildman–Crippen MR) is 152 cm³/mol. The molecule has 8 heteroatoms. The lowest BCUT2D eigenvalue weighted by molar-refractivity contribution is -0.141. The zero-order valence-corrected chi connectivity index (χ0v) is 22.5. The third-order valence-electron chi connectivity index (χ3n) is 8.71. The van der Waals surface area contributed by atoms with Crippen LogP contribution in [-0.4, -0.2) is 33.5 Å². The Morgan fingerprint density at radius 1 is 0.900 bits per heavy atom. The average molecular weight is 546 g/mol. The molecule has 2 fully saturated rings. The van der Waals surface area contributed by atoms with E-state index in [1.165, 1.54) is 41.0 Å². The van der Waals surface area contributed by atoms with Gasteiger partial charge in [-0.3, -0.25) is 19.0 Å². The quantitative estimate of drug-likeness (QED) is 0.315. The monoisotopic (exact) mass is 545 g/mol. The largest absolute Gasteiger partial charge is 0.480 e. The molecule has 1 heterocycles. The molecule has 0 amide bonds. The number of hydrogen-bond donors (Lipinski definition) is 3. The number of ketones is 1. The normalized spacial score (nSPS) is 21.1. The highest BCUT2D eigenvalue weighted by atomic mass is 19.1. The minimum Gasteiger partial charge on any atom is -0.480 e. The molecule has 2 aliphatic rings. The number of carboxylic acids is 1.